The second-order valence-corrected chi connectivity index (χ2v) is 20.9. The molecule has 3 heteroatoms. The minimum Gasteiger partial charge on any atom is -0.218 e. The van der Waals surface area contributed by atoms with Crippen LogP contribution in [-0.2, 0) is 12.8 Å². The largest absolute Gasteiger partial charge is 0.218 e. The van der Waals surface area contributed by atoms with E-state index >= 15 is 0 Å². The Kier molecular flexibility index (Phi) is 49.5. The molecule has 0 aromatic carbocycles. The maximum absolute atomic E-state index is 4.88. The summed E-state index contributed by atoms with van der Waals surface area (Å²) in [7, 11) is 0. The predicted octanol–water partition coefficient (Wildman–Crippen LogP) is 21.6. The second-order valence-electron chi connectivity index (χ2n) is 20.9. The molecule has 0 atom stereocenters. The molecule has 63 heavy (non-hydrogen) atoms. The number of hydrogen-bond donors (Lipinski definition) is 0. The van der Waals surface area contributed by atoms with Gasteiger partial charge >= 0.3 is 0 Å². The Morgan fingerprint density at radius 1 is 0.190 bits per heavy atom. The number of aryl methyl sites for hydroxylation is 3. The average molecular weight is 881 g/mol. The van der Waals surface area contributed by atoms with Gasteiger partial charge in [0, 0.05) is 12.8 Å². The highest BCUT2D eigenvalue weighted by Crippen LogP contribution is 2.19. The van der Waals surface area contributed by atoms with Crippen LogP contribution in [0.4, 0.5) is 0 Å². The Balaban J connectivity index is 1.79. The number of aromatic nitrogens is 3. The van der Waals surface area contributed by atoms with Crippen molar-refractivity contribution in [3.05, 3.63) is 17.5 Å². The summed E-state index contributed by atoms with van der Waals surface area (Å²) in [6, 6.07) is 0. The monoisotopic (exact) mass is 880 g/mol. The molecule has 1 aromatic heterocycles. The van der Waals surface area contributed by atoms with Crippen LogP contribution in [0.15, 0.2) is 0 Å². The van der Waals surface area contributed by atoms with Gasteiger partial charge in [0.2, 0.25) is 0 Å². The summed E-state index contributed by atoms with van der Waals surface area (Å²) in [5.41, 5.74) is 0. The van der Waals surface area contributed by atoms with Gasteiger partial charge in [-0.15, -0.1) is 0 Å². The predicted molar refractivity (Wildman–Crippen MR) is 283 cm³/mol. The van der Waals surface area contributed by atoms with Crippen molar-refractivity contribution < 1.29 is 0 Å². The zero-order valence-corrected chi connectivity index (χ0v) is 44.0. The van der Waals surface area contributed by atoms with E-state index in [9.17, 15) is 0 Å². The van der Waals surface area contributed by atoms with Crippen molar-refractivity contribution in [3.63, 3.8) is 0 Å². The first-order valence-corrected chi connectivity index (χ1v) is 30.0. The fourth-order valence-electron chi connectivity index (χ4n) is 10.0. The Bertz CT molecular complexity index is 917. The quantitative estimate of drug-likeness (QED) is 0.0612. The number of hydrogen-bond acceptors (Lipinski definition) is 3. The molecule has 0 bridgehead atoms. The highest BCUT2D eigenvalue weighted by atomic mass is 15.0. The molecule has 1 heterocycles. The van der Waals surface area contributed by atoms with Crippen LogP contribution in [0.25, 0.3) is 0 Å². The van der Waals surface area contributed by atoms with Crippen molar-refractivity contribution in [2.45, 2.75) is 367 Å². The molecule has 0 N–H and O–H groups in total. The van der Waals surface area contributed by atoms with Crippen molar-refractivity contribution in [2.24, 2.45) is 0 Å². The van der Waals surface area contributed by atoms with Gasteiger partial charge < -0.3 is 0 Å². The smallest absolute Gasteiger partial charge is 0.132 e. The van der Waals surface area contributed by atoms with Crippen LogP contribution in [0.3, 0.4) is 0 Å². The molecule has 0 aliphatic rings. The minimum absolute atomic E-state index is 0.916. The third-order valence-corrected chi connectivity index (χ3v) is 14.3. The molecule has 0 saturated carbocycles. The number of unbranched alkanes of at least 4 members (excludes halogenated alkanes) is 50. The van der Waals surface area contributed by atoms with E-state index in [0.29, 0.717) is 0 Å². The van der Waals surface area contributed by atoms with Crippen LogP contribution in [0, 0.1) is 6.92 Å². The van der Waals surface area contributed by atoms with Gasteiger partial charge in [-0.25, -0.2) is 15.0 Å². The third kappa shape index (κ3) is 47.3. The lowest BCUT2D eigenvalue weighted by Crippen LogP contribution is -2.06. The molecule has 0 aliphatic heterocycles. The highest BCUT2D eigenvalue weighted by Gasteiger charge is 2.05. The number of rotatable bonds is 54. The van der Waals surface area contributed by atoms with Gasteiger partial charge in [-0.2, -0.15) is 0 Å². The first kappa shape index (κ1) is 60.0. The molecule has 0 amide bonds. The molecule has 3 nitrogen and oxygen atoms in total. The van der Waals surface area contributed by atoms with Crippen LogP contribution >= 0.6 is 0 Å². The summed E-state index contributed by atoms with van der Waals surface area (Å²) in [6.07, 6.45) is 77.1. The fourth-order valence-corrected chi connectivity index (χ4v) is 10.0. The van der Waals surface area contributed by atoms with Crippen LogP contribution in [0.1, 0.15) is 365 Å². The molecular weight excluding hydrogens is 763 g/mol. The van der Waals surface area contributed by atoms with E-state index in [0.717, 1.165) is 30.3 Å². The Morgan fingerprint density at radius 3 is 0.492 bits per heavy atom. The molecule has 372 valence electrons. The highest BCUT2D eigenvalue weighted by molar-refractivity contribution is 4.97. The molecule has 0 unspecified atom stereocenters. The molecule has 0 spiro atoms. The van der Waals surface area contributed by atoms with E-state index < -0.39 is 0 Å². The SMILES string of the molecule is CCCCCCCCCCCCCCCCCCCCCCCCCCCCc1nc(C)nc(CCCCCCCCCCCCCCCCCCCCCCCCCCCC)n1. The fraction of sp³-hybridized carbons (Fsp3) is 0.950. The maximum atomic E-state index is 4.88. The Hall–Kier alpha value is -0.990. The van der Waals surface area contributed by atoms with Crippen LogP contribution in [0.2, 0.25) is 0 Å². The van der Waals surface area contributed by atoms with Crippen LogP contribution in [-0.4, -0.2) is 15.0 Å². The summed E-state index contributed by atoms with van der Waals surface area (Å²) in [4.78, 5) is 14.3. The first-order valence-electron chi connectivity index (χ1n) is 30.0. The van der Waals surface area contributed by atoms with Crippen molar-refractivity contribution >= 4 is 0 Å². The van der Waals surface area contributed by atoms with E-state index in [-0.39, 0.29) is 0 Å². The molecule has 0 aliphatic carbocycles. The molecule has 0 fully saturated rings. The van der Waals surface area contributed by atoms with Crippen LogP contribution in [0.5, 0.6) is 0 Å². The Labute approximate surface area is 398 Å². The van der Waals surface area contributed by atoms with E-state index in [2.05, 4.69) is 30.7 Å². The molecule has 0 radical (unpaired) electrons. The summed E-state index contributed by atoms with van der Waals surface area (Å²) in [5, 5.41) is 0. The summed E-state index contributed by atoms with van der Waals surface area (Å²) in [5.74, 6) is 2.99. The van der Waals surface area contributed by atoms with Gasteiger partial charge in [-0.05, 0) is 19.8 Å². The zero-order valence-electron chi connectivity index (χ0n) is 44.0. The number of nitrogens with zero attached hydrogens (tertiary/aromatic N) is 3. The Morgan fingerprint density at radius 2 is 0.333 bits per heavy atom. The normalized spacial score (nSPS) is 11.7. The van der Waals surface area contributed by atoms with Crippen LogP contribution < -0.4 is 0 Å². The first-order chi connectivity index (χ1) is 31.3. The van der Waals surface area contributed by atoms with Gasteiger partial charge in [0.15, 0.2) is 0 Å². The van der Waals surface area contributed by atoms with Gasteiger partial charge in [0.1, 0.15) is 17.5 Å². The lowest BCUT2D eigenvalue weighted by atomic mass is 10.0. The molecule has 0 saturated heterocycles. The van der Waals surface area contributed by atoms with Crippen molar-refractivity contribution in [1.82, 2.24) is 15.0 Å². The maximum Gasteiger partial charge on any atom is 0.132 e. The summed E-state index contributed by atoms with van der Waals surface area (Å²) in [6.45, 7) is 6.67. The summed E-state index contributed by atoms with van der Waals surface area (Å²) >= 11 is 0. The second kappa shape index (κ2) is 52.0. The van der Waals surface area contributed by atoms with Gasteiger partial charge in [-0.1, -0.05) is 335 Å². The van der Waals surface area contributed by atoms with Gasteiger partial charge in [0.05, 0.1) is 0 Å². The molecule has 1 aromatic rings. The zero-order chi connectivity index (χ0) is 45.0. The van der Waals surface area contributed by atoms with Gasteiger partial charge in [-0.3, -0.25) is 0 Å². The van der Waals surface area contributed by atoms with Crippen molar-refractivity contribution in [1.29, 1.82) is 0 Å². The van der Waals surface area contributed by atoms with E-state index in [1.807, 2.05) is 0 Å². The van der Waals surface area contributed by atoms with Crippen molar-refractivity contribution in [2.75, 3.05) is 0 Å². The van der Waals surface area contributed by atoms with E-state index in [1.54, 1.807) is 0 Å². The van der Waals surface area contributed by atoms with Gasteiger partial charge in [0.25, 0.3) is 0 Å². The third-order valence-electron chi connectivity index (χ3n) is 14.3. The topological polar surface area (TPSA) is 38.7 Å². The molecule has 1 rings (SSSR count). The lowest BCUT2D eigenvalue weighted by molar-refractivity contribution is 0.514. The van der Waals surface area contributed by atoms with Crippen molar-refractivity contribution in [3.8, 4) is 0 Å². The van der Waals surface area contributed by atoms with E-state index in [4.69, 9.17) is 4.98 Å². The van der Waals surface area contributed by atoms with E-state index in [1.165, 1.54) is 334 Å². The average Bonchev–Trinajstić information content (AvgIpc) is 3.28. The molecular formula is C60H117N3. The minimum atomic E-state index is 0.916. The summed E-state index contributed by atoms with van der Waals surface area (Å²) < 4.78 is 0. The standard InChI is InChI=1S/C60H117N3/c1-4-6-8-10-12-14-16-18-20-22-24-26-28-30-32-34-36-38-40-42-44-46-48-50-52-54-56-59-61-58(3)62-60(63-59)57-55-53-51-49-47-45-43-41-39-37-35-33-31-29-27-25-23-21-19-17-15-13-11-9-7-5-2/h4-57H2,1-3H3. The lowest BCUT2D eigenvalue weighted by Gasteiger charge is -2.06.